The van der Waals surface area contributed by atoms with Crippen molar-refractivity contribution in [2.75, 3.05) is 31.2 Å². The molecule has 100 valence electrons. The summed E-state index contributed by atoms with van der Waals surface area (Å²) in [4.78, 5) is 1.71. The number of rotatable bonds is 6. The fraction of sp³-hybridized carbons (Fsp3) is 0.364. The first kappa shape index (κ1) is 14.6. The van der Waals surface area contributed by atoms with Gasteiger partial charge in [-0.2, -0.15) is 0 Å². The summed E-state index contributed by atoms with van der Waals surface area (Å²) in [6.07, 6.45) is 0. The molecule has 0 saturated heterocycles. The van der Waals surface area contributed by atoms with Gasteiger partial charge in [0.05, 0.1) is 23.8 Å². The third-order valence-electron chi connectivity index (χ3n) is 2.44. The molecule has 0 spiro atoms. The first-order chi connectivity index (χ1) is 8.65. The Morgan fingerprint density at radius 3 is 2.39 bits per heavy atom. The molecular formula is C11H16ClN3O3. The van der Waals surface area contributed by atoms with Crippen molar-refractivity contribution in [2.24, 2.45) is 10.9 Å². The zero-order chi connectivity index (χ0) is 13.5. The number of aliphatic hydroxyl groups excluding tert-OH is 2. The van der Waals surface area contributed by atoms with Crippen molar-refractivity contribution in [2.45, 2.75) is 0 Å². The lowest BCUT2D eigenvalue weighted by molar-refractivity contribution is 0.281. The molecule has 0 heterocycles. The Bertz CT molecular complexity index is 420. The van der Waals surface area contributed by atoms with E-state index in [1.165, 1.54) is 0 Å². The lowest BCUT2D eigenvalue weighted by Gasteiger charge is -2.25. The van der Waals surface area contributed by atoms with Crippen LogP contribution in [0.2, 0.25) is 5.02 Å². The fourth-order valence-electron chi connectivity index (χ4n) is 1.67. The van der Waals surface area contributed by atoms with Gasteiger partial charge in [0.1, 0.15) is 0 Å². The van der Waals surface area contributed by atoms with Crippen LogP contribution in [0.5, 0.6) is 0 Å². The van der Waals surface area contributed by atoms with E-state index in [4.69, 9.17) is 32.8 Å². The smallest absolute Gasteiger partial charge is 0.173 e. The minimum Gasteiger partial charge on any atom is -0.409 e. The number of hydrogen-bond donors (Lipinski definition) is 4. The van der Waals surface area contributed by atoms with Crippen molar-refractivity contribution in [3.05, 3.63) is 28.8 Å². The Balaban J connectivity index is 3.24. The van der Waals surface area contributed by atoms with Crippen LogP contribution < -0.4 is 10.6 Å². The minimum atomic E-state index is -0.114. The van der Waals surface area contributed by atoms with Crippen LogP contribution in [-0.2, 0) is 0 Å². The van der Waals surface area contributed by atoms with Crippen LogP contribution in [0.4, 0.5) is 5.69 Å². The quantitative estimate of drug-likeness (QED) is 0.257. The second-order valence-electron chi connectivity index (χ2n) is 3.55. The first-order valence-electron chi connectivity index (χ1n) is 5.38. The summed E-state index contributed by atoms with van der Waals surface area (Å²) in [5.41, 5.74) is 6.57. The molecule has 0 fully saturated rings. The van der Waals surface area contributed by atoms with Gasteiger partial charge in [0.25, 0.3) is 0 Å². The normalized spacial score (nSPS) is 11.6. The van der Waals surface area contributed by atoms with Crippen LogP contribution in [0.3, 0.4) is 0 Å². The lowest BCUT2D eigenvalue weighted by atomic mass is 10.1. The molecule has 5 N–H and O–H groups in total. The highest BCUT2D eigenvalue weighted by Crippen LogP contribution is 2.27. The summed E-state index contributed by atoms with van der Waals surface area (Å²) >= 11 is 6.02. The molecule has 0 unspecified atom stereocenters. The van der Waals surface area contributed by atoms with Gasteiger partial charge in [-0.15, -0.1) is 0 Å². The molecule has 0 radical (unpaired) electrons. The second kappa shape index (κ2) is 7.05. The third kappa shape index (κ3) is 3.25. The number of oxime groups is 1. The van der Waals surface area contributed by atoms with Gasteiger partial charge in [0.15, 0.2) is 5.84 Å². The van der Waals surface area contributed by atoms with E-state index >= 15 is 0 Å². The van der Waals surface area contributed by atoms with E-state index in [1.54, 1.807) is 23.1 Å². The number of aliphatic hydroxyl groups is 2. The van der Waals surface area contributed by atoms with Gasteiger partial charge in [0, 0.05) is 18.8 Å². The molecule has 0 saturated carbocycles. The topological polar surface area (TPSA) is 102 Å². The molecule has 0 aliphatic rings. The molecule has 1 rings (SSSR count). The Morgan fingerprint density at radius 2 is 1.89 bits per heavy atom. The van der Waals surface area contributed by atoms with Crippen molar-refractivity contribution in [3.63, 3.8) is 0 Å². The molecule has 0 aliphatic carbocycles. The number of amidine groups is 1. The Labute approximate surface area is 110 Å². The minimum absolute atomic E-state index is 0.0812. The Hall–Kier alpha value is -1.50. The zero-order valence-corrected chi connectivity index (χ0v) is 10.5. The number of halogens is 1. The van der Waals surface area contributed by atoms with E-state index in [2.05, 4.69) is 5.16 Å². The van der Waals surface area contributed by atoms with Gasteiger partial charge in [0.2, 0.25) is 0 Å². The molecular weight excluding hydrogens is 258 g/mol. The number of nitrogens with two attached hydrogens (primary N) is 1. The first-order valence-corrected chi connectivity index (χ1v) is 5.76. The average Bonchev–Trinajstić information content (AvgIpc) is 2.37. The molecule has 0 bridgehead atoms. The molecule has 6 nitrogen and oxygen atoms in total. The van der Waals surface area contributed by atoms with Crippen molar-refractivity contribution in [3.8, 4) is 0 Å². The van der Waals surface area contributed by atoms with Gasteiger partial charge in [-0.1, -0.05) is 22.8 Å². The van der Waals surface area contributed by atoms with Crippen LogP contribution in [0, 0.1) is 0 Å². The van der Waals surface area contributed by atoms with Crippen LogP contribution in [0.15, 0.2) is 23.4 Å². The predicted molar refractivity (Wildman–Crippen MR) is 70.3 cm³/mol. The second-order valence-corrected chi connectivity index (χ2v) is 3.96. The number of anilines is 1. The van der Waals surface area contributed by atoms with E-state index in [-0.39, 0.29) is 19.0 Å². The monoisotopic (exact) mass is 273 g/mol. The Kier molecular flexibility index (Phi) is 5.70. The Morgan fingerprint density at radius 1 is 1.28 bits per heavy atom. The highest BCUT2D eigenvalue weighted by molar-refractivity contribution is 6.34. The van der Waals surface area contributed by atoms with E-state index in [9.17, 15) is 0 Å². The number of hydrogen-bond acceptors (Lipinski definition) is 5. The summed E-state index contributed by atoms with van der Waals surface area (Å²) < 4.78 is 0. The summed E-state index contributed by atoms with van der Waals surface area (Å²) in [5.74, 6) is -0.114. The molecule has 7 heteroatoms. The van der Waals surface area contributed by atoms with Crippen LogP contribution in [-0.4, -0.2) is 47.6 Å². The van der Waals surface area contributed by atoms with Crippen molar-refractivity contribution >= 4 is 23.1 Å². The van der Waals surface area contributed by atoms with Crippen LogP contribution in [0.1, 0.15) is 5.56 Å². The van der Waals surface area contributed by atoms with Crippen molar-refractivity contribution in [1.82, 2.24) is 0 Å². The highest BCUT2D eigenvalue weighted by atomic mass is 35.5. The van der Waals surface area contributed by atoms with E-state index in [1.807, 2.05) is 0 Å². The van der Waals surface area contributed by atoms with Gasteiger partial charge in [-0.3, -0.25) is 0 Å². The van der Waals surface area contributed by atoms with E-state index in [0.717, 1.165) is 0 Å². The zero-order valence-electron chi connectivity index (χ0n) is 9.75. The molecule has 0 amide bonds. The predicted octanol–water partition coefficient (Wildman–Crippen LogP) is 0.226. The SMILES string of the molecule is NC(=NO)c1c(Cl)cccc1N(CCO)CCO. The van der Waals surface area contributed by atoms with Crippen LogP contribution >= 0.6 is 11.6 Å². The maximum absolute atomic E-state index is 9.01. The maximum Gasteiger partial charge on any atom is 0.173 e. The summed E-state index contributed by atoms with van der Waals surface area (Å²) in [6, 6.07) is 5.06. The fourth-order valence-corrected chi connectivity index (χ4v) is 1.94. The average molecular weight is 274 g/mol. The van der Waals surface area contributed by atoms with Crippen LogP contribution in [0.25, 0.3) is 0 Å². The third-order valence-corrected chi connectivity index (χ3v) is 2.75. The van der Waals surface area contributed by atoms with Gasteiger partial charge in [-0.25, -0.2) is 0 Å². The van der Waals surface area contributed by atoms with E-state index < -0.39 is 0 Å². The molecule has 1 aromatic rings. The van der Waals surface area contributed by atoms with Gasteiger partial charge < -0.3 is 26.1 Å². The standard InChI is InChI=1S/C11H16ClN3O3/c12-8-2-1-3-9(10(8)11(13)14-18)15(4-6-16)5-7-17/h1-3,16-18H,4-7H2,(H2,13,14). The summed E-state index contributed by atoms with van der Waals surface area (Å²) in [5, 5.41) is 30.1. The summed E-state index contributed by atoms with van der Waals surface area (Å²) in [7, 11) is 0. The van der Waals surface area contributed by atoms with E-state index in [0.29, 0.717) is 29.4 Å². The molecule has 0 aliphatic heterocycles. The van der Waals surface area contributed by atoms with Crippen molar-refractivity contribution < 1.29 is 15.4 Å². The maximum atomic E-state index is 9.01. The molecule has 0 atom stereocenters. The molecule has 18 heavy (non-hydrogen) atoms. The molecule has 0 aromatic heterocycles. The van der Waals surface area contributed by atoms with Gasteiger partial charge in [-0.05, 0) is 12.1 Å². The van der Waals surface area contributed by atoms with Gasteiger partial charge >= 0.3 is 0 Å². The molecule has 1 aromatic carbocycles. The number of nitrogens with zero attached hydrogens (tertiary/aromatic N) is 2. The lowest BCUT2D eigenvalue weighted by Crippen LogP contribution is -2.32. The summed E-state index contributed by atoms with van der Waals surface area (Å²) in [6.45, 7) is 0.462. The van der Waals surface area contributed by atoms with Crippen molar-refractivity contribution in [1.29, 1.82) is 0 Å². The highest BCUT2D eigenvalue weighted by Gasteiger charge is 2.16. The largest absolute Gasteiger partial charge is 0.409 e. The number of benzene rings is 1.